The van der Waals surface area contributed by atoms with Gasteiger partial charge in [-0.05, 0) is 72.1 Å². The molecule has 2 fully saturated rings. The Morgan fingerprint density at radius 1 is 1.03 bits per heavy atom. The highest BCUT2D eigenvalue weighted by Gasteiger charge is 2.51. The van der Waals surface area contributed by atoms with Gasteiger partial charge in [0.1, 0.15) is 11.4 Å². The van der Waals surface area contributed by atoms with Crippen LogP contribution in [0.5, 0.6) is 0 Å². The van der Waals surface area contributed by atoms with Gasteiger partial charge < -0.3 is 23.8 Å². The standard InChI is InChI=1S/C21H32BFN2O4/c1-19(2,3)27-18(26)25-10-8-24(9-11-25)17-13-15(12-16(23)14-17)22-28-20(4,5)21(6,7)29-22/h12-14H,8-11H2,1-7H3. The maximum absolute atomic E-state index is 14.4. The van der Waals surface area contributed by atoms with E-state index in [-0.39, 0.29) is 11.9 Å². The minimum Gasteiger partial charge on any atom is -0.444 e. The van der Waals surface area contributed by atoms with Crippen LogP contribution in [0.2, 0.25) is 0 Å². The average molecular weight is 406 g/mol. The molecule has 160 valence electrons. The number of carbonyl (C=O) groups is 1. The van der Waals surface area contributed by atoms with Gasteiger partial charge in [0.2, 0.25) is 0 Å². The number of amides is 1. The number of nitrogens with zero attached hydrogens (tertiary/aromatic N) is 2. The van der Waals surface area contributed by atoms with Crippen molar-refractivity contribution in [3.63, 3.8) is 0 Å². The molecule has 29 heavy (non-hydrogen) atoms. The van der Waals surface area contributed by atoms with Crippen LogP contribution in [0.15, 0.2) is 18.2 Å². The van der Waals surface area contributed by atoms with Gasteiger partial charge in [0.05, 0.1) is 11.2 Å². The van der Waals surface area contributed by atoms with Crippen LogP contribution in [0.3, 0.4) is 0 Å². The third-order valence-electron chi connectivity index (χ3n) is 5.73. The number of halogens is 1. The highest BCUT2D eigenvalue weighted by molar-refractivity contribution is 6.62. The van der Waals surface area contributed by atoms with E-state index in [2.05, 4.69) is 4.90 Å². The minimum absolute atomic E-state index is 0.311. The second-order valence-electron chi connectivity index (χ2n) is 9.79. The molecule has 8 heteroatoms. The molecule has 0 saturated carbocycles. The van der Waals surface area contributed by atoms with E-state index in [9.17, 15) is 9.18 Å². The summed E-state index contributed by atoms with van der Waals surface area (Å²) in [7, 11) is -0.613. The Balaban J connectivity index is 1.70. The molecule has 2 heterocycles. The van der Waals surface area contributed by atoms with Crippen LogP contribution in [0.25, 0.3) is 0 Å². The van der Waals surface area contributed by atoms with Gasteiger partial charge in [-0.3, -0.25) is 0 Å². The fourth-order valence-corrected chi connectivity index (χ4v) is 3.37. The van der Waals surface area contributed by atoms with E-state index in [1.165, 1.54) is 12.1 Å². The summed E-state index contributed by atoms with van der Waals surface area (Å²) in [5.74, 6) is -0.332. The zero-order chi connectivity index (χ0) is 21.6. The lowest BCUT2D eigenvalue weighted by molar-refractivity contribution is 0.00578. The Morgan fingerprint density at radius 2 is 1.59 bits per heavy atom. The van der Waals surface area contributed by atoms with Gasteiger partial charge in [-0.2, -0.15) is 0 Å². The van der Waals surface area contributed by atoms with Gasteiger partial charge in [0, 0.05) is 31.9 Å². The Morgan fingerprint density at radius 3 is 2.10 bits per heavy atom. The molecule has 2 aliphatic heterocycles. The maximum Gasteiger partial charge on any atom is 0.495 e. The number of hydrogen-bond acceptors (Lipinski definition) is 5. The maximum atomic E-state index is 14.4. The van der Waals surface area contributed by atoms with Crippen molar-refractivity contribution in [3.8, 4) is 0 Å². The summed E-state index contributed by atoms with van der Waals surface area (Å²) in [6.07, 6.45) is -0.311. The molecule has 0 aromatic heterocycles. The Hall–Kier alpha value is -1.80. The molecule has 0 spiro atoms. The van der Waals surface area contributed by atoms with Crippen LogP contribution in [0.4, 0.5) is 14.9 Å². The van der Waals surface area contributed by atoms with E-state index in [0.29, 0.717) is 31.6 Å². The normalized spacial score (nSPS) is 21.4. The van der Waals surface area contributed by atoms with Crippen LogP contribution in [0, 0.1) is 5.82 Å². The third kappa shape index (κ3) is 4.86. The number of hydrogen-bond donors (Lipinski definition) is 0. The van der Waals surface area contributed by atoms with Crippen molar-refractivity contribution >= 4 is 24.4 Å². The molecular weight excluding hydrogens is 374 g/mol. The van der Waals surface area contributed by atoms with Gasteiger partial charge >= 0.3 is 13.2 Å². The number of piperazine rings is 1. The van der Waals surface area contributed by atoms with Crippen molar-refractivity contribution in [2.45, 2.75) is 65.3 Å². The highest BCUT2D eigenvalue weighted by atomic mass is 19.1. The number of carbonyl (C=O) groups excluding carboxylic acids is 1. The first-order valence-corrected chi connectivity index (χ1v) is 10.2. The van der Waals surface area contributed by atoms with Gasteiger partial charge in [0.15, 0.2) is 0 Å². The van der Waals surface area contributed by atoms with Crippen molar-refractivity contribution in [1.82, 2.24) is 4.90 Å². The van der Waals surface area contributed by atoms with Crippen molar-refractivity contribution in [1.29, 1.82) is 0 Å². The molecule has 1 aromatic rings. The number of anilines is 1. The van der Waals surface area contributed by atoms with Crippen LogP contribution in [-0.2, 0) is 14.0 Å². The van der Waals surface area contributed by atoms with Gasteiger partial charge in [0.25, 0.3) is 0 Å². The predicted octanol–water partition coefficient (Wildman–Crippen LogP) is 3.18. The molecule has 6 nitrogen and oxygen atoms in total. The summed E-state index contributed by atoms with van der Waals surface area (Å²) < 4.78 is 32.0. The second kappa shape index (κ2) is 7.47. The molecule has 0 radical (unpaired) electrons. The predicted molar refractivity (Wildman–Crippen MR) is 112 cm³/mol. The molecule has 0 N–H and O–H groups in total. The molecule has 0 aliphatic carbocycles. The second-order valence-corrected chi connectivity index (χ2v) is 9.79. The Labute approximate surface area is 173 Å². The first-order valence-electron chi connectivity index (χ1n) is 10.2. The summed E-state index contributed by atoms with van der Waals surface area (Å²) in [6, 6.07) is 4.88. The number of rotatable bonds is 2. The molecule has 0 unspecified atom stereocenters. The van der Waals surface area contributed by atoms with Crippen LogP contribution in [-0.4, -0.2) is 61.1 Å². The van der Waals surface area contributed by atoms with E-state index in [1.807, 2.05) is 54.5 Å². The number of benzene rings is 1. The van der Waals surface area contributed by atoms with Crippen molar-refractivity contribution in [2.75, 3.05) is 31.1 Å². The van der Waals surface area contributed by atoms with Gasteiger partial charge in [-0.25, -0.2) is 9.18 Å². The summed E-state index contributed by atoms with van der Waals surface area (Å²) >= 11 is 0. The minimum atomic E-state index is -0.613. The first kappa shape index (κ1) is 21.9. The fourth-order valence-electron chi connectivity index (χ4n) is 3.37. The van der Waals surface area contributed by atoms with Gasteiger partial charge in [-0.15, -0.1) is 0 Å². The molecule has 0 bridgehead atoms. The quantitative estimate of drug-likeness (QED) is 0.707. The topological polar surface area (TPSA) is 51.2 Å². The SMILES string of the molecule is CC(C)(C)OC(=O)N1CCN(c2cc(F)cc(B3OC(C)(C)C(C)(C)O3)c2)CC1. The molecular formula is C21H32BFN2O4. The van der Waals surface area contributed by atoms with E-state index >= 15 is 0 Å². The summed E-state index contributed by atoms with van der Waals surface area (Å²) in [6.45, 7) is 15.7. The van der Waals surface area contributed by atoms with Crippen LogP contribution in [0.1, 0.15) is 48.5 Å². The van der Waals surface area contributed by atoms with Crippen molar-refractivity contribution in [2.24, 2.45) is 0 Å². The largest absolute Gasteiger partial charge is 0.495 e. The lowest BCUT2D eigenvalue weighted by Crippen LogP contribution is -2.50. The summed E-state index contributed by atoms with van der Waals surface area (Å²) in [5, 5.41) is 0. The highest BCUT2D eigenvalue weighted by Crippen LogP contribution is 2.36. The monoisotopic (exact) mass is 406 g/mol. The fraction of sp³-hybridized carbons (Fsp3) is 0.667. The molecule has 1 amide bonds. The van der Waals surface area contributed by atoms with E-state index in [4.69, 9.17) is 14.0 Å². The zero-order valence-corrected chi connectivity index (χ0v) is 18.5. The molecule has 0 atom stereocenters. The summed E-state index contributed by atoms with van der Waals surface area (Å²) in [5.41, 5.74) is -0.0623. The van der Waals surface area contributed by atoms with E-state index in [1.54, 1.807) is 4.90 Å². The molecule has 2 aliphatic rings. The molecule has 3 rings (SSSR count). The Bertz CT molecular complexity index is 754. The first-order chi connectivity index (χ1) is 13.3. The van der Waals surface area contributed by atoms with Crippen molar-refractivity contribution in [3.05, 3.63) is 24.0 Å². The van der Waals surface area contributed by atoms with E-state index < -0.39 is 23.9 Å². The lowest BCUT2D eigenvalue weighted by atomic mass is 9.78. The van der Waals surface area contributed by atoms with Crippen LogP contribution < -0.4 is 10.4 Å². The van der Waals surface area contributed by atoms with E-state index in [0.717, 1.165) is 5.69 Å². The average Bonchev–Trinajstić information content (AvgIpc) is 2.81. The zero-order valence-electron chi connectivity index (χ0n) is 18.5. The third-order valence-corrected chi connectivity index (χ3v) is 5.73. The number of ether oxygens (including phenoxy) is 1. The molecule has 1 aromatic carbocycles. The summed E-state index contributed by atoms with van der Waals surface area (Å²) in [4.78, 5) is 16.0. The lowest BCUT2D eigenvalue weighted by Gasteiger charge is -2.37. The van der Waals surface area contributed by atoms with Crippen LogP contribution >= 0.6 is 0 Å². The van der Waals surface area contributed by atoms with Crippen molar-refractivity contribution < 1.29 is 23.2 Å². The molecule has 2 saturated heterocycles. The van der Waals surface area contributed by atoms with Gasteiger partial charge in [-0.1, -0.05) is 0 Å². The smallest absolute Gasteiger partial charge is 0.444 e. The Kier molecular flexibility index (Phi) is 5.64.